The molecule has 1 atom stereocenters. The highest BCUT2D eigenvalue weighted by molar-refractivity contribution is 6.15. The maximum absolute atomic E-state index is 12.2. The molecule has 5 heteroatoms. The molecule has 5 nitrogen and oxygen atoms in total. The zero-order valence-electron chi connectivity index (χ0n) is 10.6. The summed E-state index contributed by atoms with van der Waals surface area (Å²) in [6.07, 6.45) is 0.264. The molecule has 1 heterocycles. The summed E-state index contributed by atoms with van der Waals surface area (Å²) in [5, 5.41) is 2.23. The first kappa shape index (κ1) is 13.3. The van der Waals surface area contributed by atoms with Gasteiger partial charge < -0.3 is 4.74 Å². The van der Waals surface area contributed by atoms with Crippen molar-refractivity contribution in [3.05, 3.63) is 35.9 Å². The van der Waals surface area contributed by atoms with Crippen LogP contribution in [0.15, 0.2) is 30.3 Å². The van der Waals surface area contributed by atoms with E-state index >= 15 is 0 Å². The van der Waals surface area contributed by atoms with Gasteiger partial charge in [-0.1, -0.05) is 30.3 Å². The fraction of sp³-hybridized carbons (Fsp3) is 0.357. The number of carbonyl (C=O) groups excluding carboxylic acids is 3. The zero-order chi connectivity index (χ0) is 13.9. The smallest absolute Gasteiger partial charge is 0.326 e. The van der Waals surface area contributed by atoms with Crippen LogP contribution in [-0.2, 0) is 24.5 Å². The lowest BCUT2D eigenvalue weighted by molar-refractivity contribution is -0.157. The Morgan fingerprint density at radius 2 is 2.00 bits per heavy atom. The van der Waals surface area contributed by atoms with E-state index in [0.29, 0.717) is 5.56 Å². The fourth-order valence-electron chi connectivity index (χ4n) is 2.28. The minimum atomic E-state index is -1.41. The van der Waals surface area contributed by atoms with Gasteiger partial charge in [0.15, 0.2) is 5.41 Å². The molecule has 0 aliphatic carbocycles. The fourth-order valence-corrected chi connectivity index (χ4v) is 2.28. The Morgan fingerprint density at radius 3 is 2.58 bits per heavy atom. The minimum Gasteiger partial charge on any atom is -0.465 e. The van der Waals surface area contributed by atoms with Gasteiger partial charge in [-0.15, -0.1) is 0 Å². The molecule has 1 aromatic carbocycles. The molecule has 19 heavy (non-hydrogen) atoms. The molecular weight excluding hydrogens is 246 g/mol. The first-order valence-electron chi connectivity index (χ1n) is 6.18. The van der Waals surface area contributed by atoms with Crippen molar-refractivity contribution in [1.29, 1.82) is 0 Å². The molecule has 1 aliphatic heterocycles. The van der Waals surface area contributed by atoms with Crippen LogP contribution in [0.25, 0.3) is 0 Å². The molecule has 2 rings (SSSR count). The molecule has 0 bridgehead atoms. The van der Waals surface area contributed by atoms with Crippen molar-refractivity contribution in [2.24, 2.45) is 0 Å². The second kappa shape index (κ2) is 5.22. The number of ether oxygens (including phenoxy) is 1. The van der Waals surface area contributed by atoms with Crippen LogP contribution in [0.4, 0.5) is 0 Å². The van der Waals surface area contributed by atoms with Crippen LogP contribution < -0.4 is 5.32 Å². The highest BCUT2D eigenvalue weighted by atomic mass is 16.5. The van der Waals surface area contributed by atoms with Gasteiger partial charge in [-0.25, -0.2) is 0 Å². The topological polar surface area (TPSA) is 72.5 Å². The number of rotatable bonds is 3. The SMILES string of the molecule is CCOC(=O)C1(c2ccccc2)CCC(=O)NC1=O. The van der Waals surface area contributed by atoms with Crippen LogP contribution in [0, 0.1) is 0 Å². The van der Waals surface area contributed by atoms with Crippen molar-refractivity contribution in [2.75, 3.05) is 6.61 Å². The van der Waals surface area contributed by atoms with Gasteiger partial charge in [0.2, 0.25) is 11.8 Å². The normalized spacial score (nSPS) is 22.8. The van der Waals surface area contributed by atoms with Crippen LogP contribution >= 0.6 is 0 Å². The van der Waals surface area contributed by atoms with Crippen LogP contribution in [-0.4, -0.2) is 24.4 Å². The number of nitrogens with one attached hydrogen (secondary N) is 1. The number of imide groups is 1. The van der Waals surface area contributed by atoms with E-state index in [2.05, 4.69) is 5.32 Å². The van der Waals surface area contributed by atoms with E-state index < -0.39 is 17.3 Å². The number of benzene rings is 1. The average Bonchev–Trinajstić information content (AvgIpc) is 2.40. The van der Waals surface area contributed by atoms with Gasteiger partial charge >= 0.3 is 5.97 Å². The van der Waals surface area contributed by atoms with Gasteiger partial charge in [0.1, 0.15) is 0 Å². The van der Waals surface area contributed by atoms with E-state index in [9.17, 15) is 14.4 Å². The summed E-state index contributed by atoms with van der Waals surface area (Å²) < 4.78 is 5.03. The average molecular weight is 261 g/mol. The molecule has 0 saturated carbocycles. The predicted molar refractivity (Wildman–Crippen MR) is 67.1 cm³/mol. The molecule has 1 N–H and O–H groups in total. The number of hydrogen-bond acceptors (Lipinski definition) is 4. The Kier molecular flexibility index (Phi) is 3.64. The highest BCUT2D eigenvalue weighted by Crippen LogP contribution is 2.34. The molecule has 0 aromatic heterocycles. The van der Waals surface area contributed by atoms with E-state index in [-0.39, 0.29) is 25.4 Å². The number of esters is 1. The molecule has 1 unspecified atom stereocenters. The second-order valence-electron chi connectivity index (χ2n) is 4.37. The number of carbonyl (C=O) groups is 3. The molecule has 0 spiro atoms. The van der Waals surface area contributed by atoms with Gasteiger partial charge in [0, 0.05) is 6.42 Å². The quantitative estimate of drug-likeness (QED) is 0.499. The van der Waals surface area contributed by atoms with E-state index in [1.165, 1.54) is 0 Å². The lowest BCUT2D eigenvalue weighted by atomic mass is 9.74. The molecule has 1 aromatic rings. The van der Waals surface area contributed by atoms with Crippen LogP contribution in [0.1, 0.15) is 25.3 Å². The van der Waals surface area contributed by atoms with Crippen LogP contribution in [0.2, 0.25) is 0 Å². The number of hydrogen-bond donors (Lipinski definition) is 1. The summed E-state index contributed by atoms with van der Waals surface area (Å²) in [6, 6.07) is 8.70. The number of amides is 2. The third kappa shape index (κ3) is 2.23. The zero-order valence-corrected chi connectivity index (χ0v) is 10.6. The maximum Gasteiger partial charge on any atom is 0.326 e. The third-order valence-electron chi connectivity index (χ3n) is 3.26. The van der Waals surface area contributed by atoms with Gasteiger partial charge in [-0.05, 0) is 18.9 Å². The van der Waals surface area contributed by atoms with E-state index in [0.717, 1.165) is 0 Å². The van der Waals surface area contributed by atoms with Crippen molar-refractivity contribution < 1.29 is 19.1 Å². The molecule has 100 valence electrons. The lowest BCUT2D eigenvalue weighted by Crippen LogP contribution is -2.56. The van der Waals surface area contributed by atoms with E-state index in [1.54, 1.807) is 37.3 Å². The van der Waals surface area contributed by atoms with E-state index in [4.69, 9.17) is 4.74 Å². The molecule has 0 radical (unpaired) electrons. The largest absolute Gasteiger partial charge is 0.465 e. The van der Waals surface area contributed by atoms with Crippen molar-refractivity contribution >= 4 is 17.8 Å². The summed E-state index contributed by atoms with van der Waals surface area (Å²) >= 11 is 0. The first-order chi connectivity index (χ1) is 9.11. The lowest BCUT2D eigenvalue weighted by Gasteiger charge is -2.33. The first-order valence-corrected chi connectivity index (χ1v) is 6.18. The predicted octanol–water partition coefficient (Wildman–Crippen LogP) is 0.924. The Morgan fingerprint density at radius 1 is 1.32 bits per heavy atom. The second-order valence-corrected chi connectivity index (χ2v) is 4.37. The van der Waals surface area contributed by atoms with Crippen molar-refractivity contribution in [3.8, 4) is 0 Å². The Labute approximate surface area is 110 Å². The van der Waals surface area contributed by atoms with Crippen molar-refractivity contribution in [2.45, 2.75) is 25.2 Å². The maximum atomic E-state index is 12.2. The molecule has 1 saturated heterocycles. The molecular formula is C14H15NO4. The minimum absolute atomic E-state index is 0.124. The molecule has 1 aliphatic rings. The standard InChI is InChI=1S/C14H15NO4/c1-2-19-13(18)14(10-6-4-3-5-7-10)9-8-11(16)15-12(14)17/h3-7H,2,8-9H2,1H3,(H,15,16,17). The van der Waals surface area contributed by atoms with Crippen molar-refractivity contribution in [3.63, 3.8) is 0 Å². The highest BCUT2D eigenvalue weighted by Gasteiger charge is 2.51. The number of piperidine rings is 1. The summed E-state index contributed by atoms with van der Waals surface area (Å²) in [6.45, 7) is 1.87. The van der Waals surface area contributed by atoms with Gasteiger partial charge in [-0.3, -0.25) is 19.7 Å². The van der Waals surface area contributed by atoms with Crippen LogP contribution in [0.5, 0.6) is 0 Å². The molecule has 1 fully saturated rings. The summed E-state index contributed by atoms with van der Waals surface area (Å²) in [5.74, 6) is -1.57. The summed E-state index contributed by atoms with van der Waals surface area (Å²) in [5.41, 5.74) is -0.857. The Bertz CT molecular complexity index is 511. The van der Waals surface area contributed by atoms with Crippen molar-refractivity contribution in [1.82, 2.24) is 5.32 Å². The summed E-state index contributed by atoms with van der Waals surface area (Å²) in [7, 11) is 0. The molecule has 2 amide bonds. The van der Waals surface area contributed by atoms with Gasteiger partial charge in [-0.2, -0.15) is 0 Å². The Balaban J connectivity index is 2.47. The van der Waals surface area contributed by atoms with Crippen LogP contribution in [0.3, 0.4) is 0 Å². The van der Waals surface area contributed by atoms with E-state index in [1.807, 2.05) is 0 Å². The van der Waals surface area contributed by atoms with Gasteiger partial charge in [0.25, 0.3) is 0 Å². The Hall–Kier alpha value is -2.17. The van der Waals surface area contributed by atoms with Gasteiger partial charge in [0.05, 0.1) is 6.61 Å². The monoisotopic (exact) mass is 261 g/mol. The summed E-state index contributed by atoms with van der Waals surface area (Å²) in [4.78, 5) is 35.7. The third-order valence-corrected chi connectivity index (χ3v) is 3.26.